The van der Waals surface area contributed by atoms with Crippen LogP contribution in [0.3, 0.4) is 0 Å². The van der Waals surface area contributed by atoms with Crippen LogP contribution in [0.1, 0.15) is 29.7 Å². The molecule has 33 heavy (non-hydrogen) atoms. The molecule has 0 bridgehead atoms. The maximum Gasteiger partial charge on any atom is 0.330 e. The van der Waals surface area contributed by atoms with Gasteiger partial charge in [-0.05, 0) is 22.3 Å². The van der Waals surface area contributed by atoms with Gasteiger partial charge in [0.05, 0.1) is 6.10 Å². The van der Waals surface area contributed by atoms with Gasteiger partial charge in [0.15, 0.2) is 0 Å². The van der Waals surface area contributed by atoms with Gasteiger partial charge in [-0.1, -0.05) is 48.5 Å². The largest absolute Gasteiger partial charge is 0.463 e. The molecule has 9 nitrogen and oxygen atoms in total. The van der Waals surface area contributed by atoms with E-state index in [9.17, 15) is 19.5 Å². The summed E-state index contributed by atoms with van der Waals surface area (Å²) in [6.45, 7) is 0.103. The van der Waals surface area contributed by atoms with Crippen molar-refractivity contribution in [2.24, 2.45) is 5.73 Å². The summed E-state index contributed by atoms with van der Waals surface area (Å²) < 4.78 is 12.4. The van der Waals surface area contributed by atoms with Crippen LogP contribution in [0.25, 0.3) is 11.1 Å². The van der Waals surface area contributed by atoms with Crippen molar-refractivity contribution in [3.05, 3.63) is 92.8 Å². The summed E-state index contributed by atoms with van der Waals surface area (Å²) in [5.41, 5.74) is 9.26. The van der Waals surface area contributed by atoms with Crippen LogP contribution in [-0.4, -0.2) is 45.5 Å². The van der Waals surface area contributed by atoms with E-state index >= 15 is 0 Å². The van der Waals surface area contributed by atoms with E-state index in [4.69, 9.17) is 15.2 Å². The highest BCUT2D eigenvalue weighted by molar-refractivity contribution is 5.80. The third-order valence-corrected chi connectivity index (χ3v) is 6.28. The number of nitrogens with zero attached hydrogens (tertiary/aromatic N) is 1. The van der Waals surface area contributed by atoms with E-state index < -0.39 is 41.7 Å². The smallest absolute Gasteiger partial charge is 0.330 e. The molecule has 1 aromatic heterocycles. The maximum atomic E-state index is 12.8. The molecule has 5 rings (SSSR count). The number of nitrogens with one attached hydrogen (secondary N) is 1. The Bertz CT molecular complexity index is 1270. The van der Waals surface area contributed by atoms with E-state index in [1.807, 2.05) is 48.5 Å². The first-order valence-corrected chi connectivity index (χ1v) is 10.7. The number of carbonyl (C=O) groups excluding carboxylic acids is 1. The average molecular weight is 449 g/mol. The first kappa shape index (κ1) is 21.3. The second-order valence-electron chi connectivity index (χ2n) is 8.26. The number of hydrogen-bond acceptors (Lipinski definition) is 7. The molecule has 2 aromatic carbocycles. The minimum absolute atomic E-state index is 0.0426. The quantitative estimate of drug-likeness (QED) is 0.492. The van der Waals surface area contributed by atoms with E-state index in [0.717, 1.165) is 26.8 Å². The number of aliphatic hydroxyl groups is 1. The lowest BCUT2D eigenvalue weighted by molar-refractivity contribution is -0.151. The van der Waals surface area contributed by atoms with Crippen molar-refractivity contribution in [3.63, 3.8) is 0 Å². The lowest BCUT2D eigenvalue weighted by Gasteiger charge is -2.22. The number of H-pyrrole nitrogens is 1. The maximum absolute atomic E-state index is 12.8. The number of rotatable bonds is 5. The molecule has 2 aliphatic rings. The minimum atomic E-state index is -1.24. The van der Waals surface area contributed by atoms with Gasteiger partial charge in [-0.15, -0.1) is 0 Å². The average Bonchev–Trinajstić information content (AvgIpc) is 3.35. The van der Waals surface area contributed by atoms with Gasteiger partial charge in [-0.3, -0.25) is 19.1 Å². The number of ether oxygens (including phenoxy) is 2. The Hall–Kier alpha value is -3.53. The Morgan fingerprint density at radius 3 is 2.39 bits per heavy atom. The number of nitrogens with two attached hydrogens (primary N) is 1. The summed E-state index contributed by atoms with van der Waals surface area (Å²) in [7, 11) is 0. The fourth-order valence-electron chi connectivity index (χ4n) is 4.66. The Kier molecular flexibility index (Phi) is 5.45. The monoisotopic (exact) mass is 449 g/mol. The summed E-state index contributed by atoms with van der Waals surface area (Å²) in [5.74, 6) is -0.814. The van der Waals surface area contributed by atoms with E-state index in [1.54, 1.807) is 0 Å². The summed E-state index contributed by atoms with van der Waals surface area (Å²) in [6.07, 6.45) is -1.67. The van der Waals surface area contributed by atoms with Gasteiger partial charge in [0.1, 0.15) is 25.0 Å². The second-order valence-corrected chi connectivity index (χ2v) is 8.26. The molecule has 1 fully saturated rings. The zero-order valence-corrected chi connectivity index (χ0v) is 17.6. The molecule has 170 valence electrons. The predicted molar refractivity (Wildman–Crippen MR) is 119 cm³/mol. The third-order valence-electron chi connectivity index (χ3n) is 6.28. The number of fused-ring (bicyclic) bond motifs is 3. The van der Waals surface area contributed by atoms with Crippen LogP contribution in [0.2, 0.25) is 0 Å². The van der Waals surface area contributed by atoms with Crippen molar-refractivity contribution in [2.45, 2.75) is 36.8 Å². The lowest BCUT2D eigenvalue weighted by Crippen LogP contribution is -2.47. The van der Waals surface area contributed by atoms with Gasteiger partial charge >= 0.3 is 11.7 Å². The Morgan fingerprint density at radius 2 is 1.76 bits per heavy atom. The van der Waals surface area contributed by atoms with Crippen molar-refractivity contribution in [1.82, 2.24) is 9.55 Å². The fraction of sp³-hybridized carbons (Fsp3) is 0.292. The lowest BCUT2D eigenvalue weighted by atomic mass is 9.98. The molecule has 4 atom stereocenters. The molecule has 1 saturated heterocycles. The van der Waals surface area contributed by atoms with Crippen LogP contribution in [0, 0.1) is 0 Å². The Labute approximate surface area is 188 Å². The second kappa shape index (κ2) is 8.43. The number of hydrogen-bond donors (Lipinski definition) is 3. The number of aromatic amines is 1. The van der Waals surface area contributed by atoms with Crippen LogP contribution in [0.4, 0.5) is 0 Å². The molecule has 0 spiro atoms. The van der Waals surface area contributed by atoms with Gasteiger partial charge in [0.25, 0.3) is 5.56 Å². The summed E-state index contributed by atoms with van der Waals surface area (Å²) in [4.78, 5) is 38.2. The summed E-state index contributed by atoms with van der Waals surface area (Å²) in [5, 5.41) is 10.4. The summed E-state index contributed by atoms with van der Waals surface area (Å²) >= 11 is 0. The van der Waals surface area contributed by atoms with Crippen LogP contribution >= 0.6 is 0 Å². The molecule has 0 amide bonds. The highest BCUT2D eigenvalue weighted by atomic mass is 16.6. The predicted octanol–water partition coefficient (Wildman–Crippen LogP) is 0.868. The number of aromatic nitrogens is 2. The standard InChI is InChI=1S/C24H23N3O6/c25-21(22-18(28)11-20(33-22)27-10-9-19(29)26-24(27)31)23(30)32-12-17-15-7-3-1-5-13(15)14-6-2-4-8-16(14)17/h1-10,17-18,20-22,28H,11-12,25H2,(H,26,29,31)/t18?,20-,21?,22+/m0/s1. The molecule has 0 saturated carbocycles. The number of benzene rings is 2. The number of carbonyl (C=O) groups is 1. The molecule has 0 radical (unpaired) electrons. The normalized spacial score (nSPS) is 22.5. The minimum Gasteiger partial charge on any atom is -0.463 e. The van der Waals surface area contributed by atoms with Crippen LogP contribution in [0.5, 0.6) is 0 Å². The molecule has 1 aliphatic heterocycles. The fourth-order valence-corrected chi connectivity index (χ4v) is 4.66. The highest BCUT2D eigenvalue weighted by Crippen LogP contribution is 2.44. The van der Waals surface area contributed by atoms with Crippen LogP contribution in [-0.2, 0) is 14.3 Å². The Balaban J connectivity index is 1.28. The van der Waals surface area contributed by atoms with Gasteiger partial charge in [-0.2, -0.15) is 0 Å². The van der Waals surface area contributed by atoms with Gasteiger partial charge in [0, 0.05) is 24.6 Å². The van der Waals surface area contributed by atoms with Crippen molar-refractivity contribution in [2.75, 3.05) is 6.61 Å². The molecule has 3 aromatic rings. The SMILES string of the molecule is NC(C(=O)OCC1c2ccccc2-c2ccccc21)[C@@H]1O[C@H](n2ccc(=O)[nH]c2=O)CC1O. The van der Waals surface area contributed by atoms with E-state index in [-0.39, 0.29) is 18.9 Å². The molecule has 9 heteroatoms. The van der Waals surface area contributed by atoms with Crippen molar-refractivity contribution in [3.8, 4) is 11.1 Å². The number of esters is 1. The van der Waals surface area contributed by atoms with E-state index in [1.165, 1.54) is 12.3 Å². The van der Waals surface area contributed by atoms with E-state index in [0.29, 0.717) is 0 Å². The molecular formula is C24H23N3O6. The van der Waals surface area contributed by atoms with E-state index in [2.05, 4.69) is 4.98 Å². The van der Waals surface area contributed by atoms with Crippen LogP contribution < -0.4 is 17.0 Å². The van der Waals surface area contributed by atoms with Gasteiger partial charge in [0.2, 0.25) is 0 Å². The van der Waals surface area contributed by atoms with Crippen molar-refractivity contribution in [1.29, 1.82) is 0 Å². The first-order valence-electron chi connectivity index (χ1n) is 10.7. The van der Waals surface area contributed by atoms with Crippen molar-refractivity contribution >= 4 is 5.97 Å². The Morgan fingerprint density at radius 1 is 1.12 bits per heavy atom. The van der Waals surface area contributed by atoms with Gasteiger partial charge in [-0.25, -0.2) is 4.79 Å². The molecular weight excluding hydrogens is 426 g/mol. The first-order chi connectivity index (χ1) is 15.9. The molecule has 2 heterocycles. The highest BCUT2D eigenvalue weighted by Gasteiger charge is 2.42. The zero-order chi connectivity index (χ0) is 23.1. The van der Waals surface area contributed by atoms with Crippen LogP contribution in [0.15, 0.2) is 70.4 Å². The zero-order valence-electron chi connectivity index (χ0n) is 17.6. The van der Waals surface area contributed by atoms with Crippen molar-refractivity contribution < 1.29 is 19.4 Å². The molecule has 1 aliphatic carbocycles. The third kappa shape index (κ3) is 3.80. The number of aliphatic hydroxyl groups excluding tert-OH is 1. The molecule has 2 unspecified atom stereocenters. The van der Waals surface area contributed by atoms with Gasteiger partial charge < -0.3 is 20.3 Å². The summed E-state index contributed by atoms with van der Waals surface area (Å²) in [6, 6.07) is 15.9. The molecule has 4 N–H and O–H groups in total. The topological polar surface area (TPSA) is 137 Å².